The van der Waals surface area contributed by atoms with Gasteiger partial charge in [-0.1, -0.05) is 5.16 Å². The van der Waals surface area contributed by atoms with Crippen molar-refractivity contribution in [1.29, 1.82) is 0 Å². The topological polar surface area (TPSA) is 71.3 Å². The third-order valence-electron chi connectivity index (χ3n) is 2.58. The van der Waals surface area contributed by atoms with Crippen molar-refractivity contribution >= 4 is 5.91 Å². The van der Waals surface area contributed by atoms with E-state index in [-0.39, 0.29) is 11.9 Å². The maximum absolute atomic E-state index is 11.9. The smallest absolute Gasteiger partial charge is 0.239 e. The molecule has 17 heavy (non-hydrogen) atoms. The molecule has 0 bridgehead atoms. The summed E-state index contributed by atoms with van der Waals surface area (Å²) in [6.45, 7) is 9.40. The molecule has 6 heteroatoms. The number of amides is 1. The van der Waals surface area contributed by atoms with Crippen molar-refractivity contribution in [2.45, 2.75) is 40.3 Å². The Labute approximate surface area is 101 Å². The van der Waals surface area contributed by atoms with E-state index >= 15 is 0 Å². The van der Waals surface area contributed by atoms with Crippen LogP contribution < -0.4 is 5.32 Å². The molecular formula is C11H20N4O2. The minimum atomic E-state index is -0.242. The Kier molecular flexibility index (Phi) is 5.09. The van der Waals surface area contributed by atoms with E-state index in [1.165, 1.54) is 0 Å². The summed E-state index contributed by atoms with van der Waals surface area (Å²) in [6, 6.07) is -0.242. The lowest BCUT2D eigenvalue weighted by atomic mass is 10.2. The van der Waals surface area contributed by atoms with E-state index in [9.17, 15) is 4.79 Å². The van der Waals surface area contributed by atoms with Crippen molar-refractivity contribution in [2.75, 3.05) is 13.1 Å². The molecule has 0 saturated carbocycles. The molecule has 0 aromatic carbocycles. The van der Waals surface area contributed by atoms with Gasteiger partial charge in [0, 0.05) is 20.0 Å². The number of aryl methyl sites for hydroxylation is 1. The first kappa shape index (κ1) is 13.6. The molecule has 0 saturated heterocycles. The molecule has 0 aliphatic heterocycles. The molecule has 0 aliphatic carbocycles. The number of carbonyl (C=O) groups is 1. The second kappa shape index (κ2) is 6.34. The first-order valence-electron chi connectivity index (χ1n) is 5.89. The minimum absolute atomic E-state index is 0.0928. The number of aromatic nitrogens is 2. The number of carbonyl (C=O) groups excluding carboxylic acids is 1. The highest BCUT2D eigenvalue weighted by Gasteiger charge is 2.17. The Hall–Kier alpha value is -1.43. The first-order valence-corrected chi connectivity index (χ1v) is 5.89. The van der Waals surface area contributed by atoms with Crippen molar-refractivity contribution in [2.24, 2.45) is 0 Å². The second-order valence-corrected chi connectivity index (χ2v) is 3.84. The maximum atomic E-state index is 11.9. The number of nitrogens with one attached hydrogen (secondary N) is 1. The van der Waals surface area contributed by atoms with Gasteiger partial charge in [0.1, 0.15) is 0 Å². The van der Waals surface area contributed by atoms with Crippen LogP contribution in [0.5, 0.6) is 0 Å². The average molecular weight is 240 g/mol. The number of rotatable bonds is 6. The molecular weight excluding hydrogens is 220 g/mol. The van der Waals surface area contributed by atoms with Crippen LogP contribution in [0.2, 0.25) is 0 Å². The van der Waals surface area contributed by atoms with Crippen LogP contribution in [0.15, 0.2) is 4.52 Å². The zero-order valence-electron chi connectivity index (χ0n) is 10.9. The van der Waals surface area contributed by atoms with Crippen molar-refractivity contribution < 1.29 is 9.32 Å². The fourth-order valence-electron chi connectivity index (χ4n) is 1.55. The Balaban J connectivity index is 2.43. The van der Waals surface area contributed by atoms with E-state index in [0.29, 0.717) is 18.3 Å². The summed E-state index contributed by atoms with van der Waals surface area (Å²) in [6.07, 6.45) is 0. The molecule has 0 fully saturated rings. The molecule has 0 radical (unpaired) electrons. The summed E-state index contributed by atoms with van der Waals surface area (Å²) in [5.41, 5.74) is 0. The lowest BCUT2D eigenvalue weighted by Gasteiger charge is -2.23. The lowest BCUT2D eigenvalue weighted by Crippen LogP contribution is -2.44. The monoisotopic (exact) mass is 240 g/mol. The van der Waals surface area contributed by atoms with E-state index in [0.717, 1.165) is 13.1 Å². The van der Waals surface area contributed by atoms with Gasteiger partial charge in [-0.25, -0.2) is 0 Å². The highest BCUT2D eigenvalue weighted by molar-refractivity contribution is 5.81. The van der Waals surface area contributed by atoms with Crippen molar-refractivity contribution in [3.05, 3.63) is 11.7 Å². The molecule has 1 N–H and O–H groups in total. The lowest BCUT2D eigenvalue weighted by molar-refractivity contribution is -0.132. The first-order chi connectivity index (χ1) is 8.08. The van der Waals surface area contributed by atoms with Crippen LogP contribution in [0.3, 0.4) is 0 Å². The number of hydrogen-bond acceptors (Lipinski definition) is 5. The van der Waals surface area contributed by atoms with E-state index in [1.54, 1.807) is 11.8 Å². The zero-order valence-corrected chi connectivity index (χ0v) is 10.9. The van der Waals surface area contributed by atoms with Gasteiger partial charge in [-0.3, -0.25) is 10.1 Å². The zero-order chi connectivity index (χ0) is 12.8. The van der Waals surface area contributed by atoms with Gasteiger partial charge in [0.15, 0.2) is 5.82 Å². The third kappa shape index (κ3) is 3.81. The van der Waals surface area contributed by atoms with Gasteiger partial charge in [-0.2, -0.15) is 4.98 Å². The molecule has 6 nitrogen and oxygen atoms in total. The van der Waals surface area contributed by atoms with Gasteiger partial charge in [-0.15, -0.1) is 0 Å². The highest BCUT2D eigenvalue weighted by atomic mass is 16.5. The molecule has 0 aliphatic rings. The summed E-state index contributed by atoms with van der Waals surface area (Å²) in [4.78, 5) is 17.8. The van der Waals surface area contributed by atoms with Crippen LogP contribution in [0.4, 0.5) is 0 Å². The van der Waals surface area contributed by atoms with Gasteiger partial charge in [0.25, 0.3) is 0 Å². The van der Waals surface area contributed by atoms with Gasteiger partial charge < -0.3 is 9.42 Å². The van der Waals surface area contributed by atoms with Crippen LogP contribution in [-0.4, -0.2) is 40.1 Å². The van der Waals surface area contributed by atoms with Gasteiger partial charge in [0.2, 0.25) is 11.8 Å². The maximum Gasteiger partial charge on any atom is 0.239 e. The number of hydrogen-bond donors (Lipinski definition) is 1. The summed E-state index contributed by atoms with van der Waals surface area (Å²) in [5.74, 6) is 1.20. The van der Waals surface area contributed by atoms with Crippen molar-refractivity contribution in [3.8, 4) is 0 Å². The van der Waals surface area contributed by atoms with Crippen LogP contribution >= 0.6 is 0 Å². The standard InChI is InChI=1S/C11H20N4O2/c1-5-15(6-2)11(16)8(3)12-7-10-13-9(4)17-14-10/h8,12H,5-7H2,1-4H3. The molecule has 1 unspecified atom stereocenters. The molecule has 96 valence electrons. The fourth-order valence-corrected chi connectivity index (χ4v) is 1.55. The minimum Gasteiger partial charge on any atom is -0.342 e. The SMILES string of the molecule is CCN(CC)C(=O)C(C)NCc1noc(C)n1. The van der Waals surface area contributed by atoms with Crippen LogP contribution in [0.25, 0.3) is 0 Å². The van der Waals surface area contributed by atoms with Crippen molar-refractivity contribution in [1.82, 2.24) is 20.4 Å². The van der Waals surface area contributed by atoms with E-state index < -0.39 is 0 Å². The second-order valence-electron chi connectivity index (χ2n) is 3.84. The largest absolute Gasteiger partial charge is 0.342 e. The van der Waals surface area contributed by atoms with Crippen LogP contribution in [-0.2, 0) is 11.3 Å². The molecule has 1 rings (SSSR count). The number of likely N-dealkylation sites (N-methyl/N-ethyl adjacent to an activating group) is 1. The predicted octanol–water partition coefficient (Wildman–Crippen LogP) is 0.725. The van der Waals surface area contributed by atoms with E-state index in [2.05, 4.69) is 15.5 Å². The summed E-state index contributed by atoms with van der Waals surface area (Å²) >= 11 is 0. The molecule has 1 heterocycles. The van der Waals surface area contributed by atoms with Gasteiger partial charge >= 0.3 is 0 Å². The quantitative estimate of drug-likeness (QED) is 0.793. The fraction of sp³-hybridized carbons (Fsp3) is 0.727. The molecule has 1 aromatic rings. The Morgan fingerprint density at radius 2 is 2.12 bits per heavy atom. The molecule has 1 aromatic heterocycles. The normalized spacial score (nSPS) is 12.5. The molecule has 1 amide bonds. The molecule has 0 spiro atoms. The average Bonchev–Trinajstić information content (AvgIpc) is 2.73. The van der Waals surface area contributed by atoms with Crippen molar-refractivity contribution in [3.63, 3.8) is 0 Å². The third-order valence-corrected chi connectivity index (χ3v) is 2.58. The predicted molar refractivity (Wildman–Crippen MR) is 63.3 cm³/mol. The Morgan fingerprint density at radius 1 is 1.47 bits per heavy atom. The van der Waals surface area contributed by atoms with E-state index in [1.807, 2.05) is 20.8 Å². The highest BCUT2D eigenvalue weighted by Crippen LogP contribution is 1.98. The summed E-state index contributed by atoms with van der Waals surface area (Å²) < 4.78 is 4.85. The van der Waals surface area contributed by atoms with Crippen LogP contribution in [0.1, 0.15) is 32.5 Å². The Morgan fingerprint density at radius 3 is 2.59 bits per heavy atom. The van der Waals surface area contributed by atoms with E-state index in [4.69, 9.17) is 4.52 Å². The van der Waals surface area contributed by atoms with Gasteiger partial charge in [0.05, 0.1) is 12.6 Å². The number of nitrogens with zero attached hydrogens (tertiary/aromatic N) is 3. The molecule has 1 atom stereocenters. The summed E-state index contributed by atoms with van der Waals surface area (Å²) in [5, 5.41) is 6.84. The summed E-state index contributed by atoms with van der Waals surface area (Å²) in [7, 11) is 0. The van der Waals surface area contributed by atoms with Gasteiger partial charge in [-0.05, 0) is 20.8 Å². The van der Waals surface area contributed by atoms with Crippen LogP contribution in [0, 0.1) is 6.92 Å². The Bertz CT molecular complexity index is 360.